The molecule has 0 bridgehead atoms. The molecule has 6 nitrogen and oxygen atoms in total. The molecule has 2 amide bonds. The van der Waals surface area contributed by atoms with Gasteiger partial charge in [0.1, 0.15) is 0 Å². The number of ether oxygens (including phenoxy) is 2. The molecule has 2 N–H and O–H groups in total. The summed E-state index contributed by atoms with van der Waals surface area (Å²) in [6.45, 7) is 3.79. The first-order valence-corrected chi connectivity index (χ1v) is 8.45. The van der Waals surface area contributed by atoms with Crippen molar-refractivity contribution in [2.24, 2.45) is 0 Å². The molecule has 0 unspecified atom stereocenters. The first-order chi connectivity index (χ1) is 12.4. The molecule has 0 aliphatic heterocycles. The van der Waals surface area contributed by atoms with E-state index in [0.717, 1.165) is 0 Å². The highest BCUT2D eigenvalue weighted by Gasteiger charge is 2.13. The molecule has 0 aliphatic carbocycles. The van der Waals surface area contributed by atoms with Crippen LogP contribution in [0, 0.1) is 0 Å². The highest BCUT2D eigenvalue weighted by atomic mass is 35.5. The van der Waals surface area contributed by atoms with E-state index in [2.05, 4.69) is 10.9 Å². The van der Waals surface area contributed by atoms with Crippen molar-refractivity contribution < 1.29 is 19.1 Å². The molecular weight excluding hydrogens is 356 g/mol. The van der Waals surface area contributed by atoms with Crippen molar-refractivity contribution in [3.05, 3.63) is 58.6 Å². The maximum atomic E-state index is 12.2. The Balaban J connectivity index is 1.97. The number of hydrogen-bond acceptors (Lipinski definition) is 4. The molecule has 2 rings (SSSR count). The fourth-order valence-corrected chi connectivity index (χ4v) is 2.42. The lowest BCUT2D eigenvalue weighted by Gasteiger charge is -2.14. The SMILES string of the molecule is COc1cc(C(=O)NNC(=O)Cc2ccccc2Cl)ccc1OC(C)C. The Morgan fingerprint density at radius 2 is 1.81 bits per heavy atom. The third-order valence-corrected chi connectivity index (χ3v) is 3.78. The van der Waals surface area contributed by atoms with Gasteiger partial charge in [-0.2, -0.15) is 0 Å². The lowest BCUT2D eigenvalue weighted by molar-refractivity contribution is -0.121. The number of hydrazine groups is 1. The molecule has 0 saturated carbocycles. The van der Waals surface area contributed by atoms with Crippen LogP contribution < -0.4 is 20.3 Å². The number of rotatable bonds is 6. The Kier molecular flexibility index (Phi) is 6.86. The van der Waals surface area contributed by atoms with Gasteiger partial charge in [-0.25, -0.2) is 0 Å². The summed E-state index contributed by atoms with van der Waals surface area (Å²) < 4.78 is 10.9. The predicted octanol–water partition coefficient (Wildman–Crippen LogP) is 3.14. The summed E-state index contributed by atoms with van der Waals surface area (Å²) in [4.78, 5) is 24.2. The van der Waals surface area contributed by atoms with Crippen LogP contribution in [0.2, 0.25) is 5.02 Å². The third-order valence-electron chi connectivity index (χ3n) is 3.41. The van der Waals surface area contributed by atoms with Gasteiger partial charge in [0, 0.05) is 10.6 Å². The molecule has 0 aromatic heterocycles. The van der Waals surface area contributed by atoms with Gasteiger partial charge in [-0.3, -0.25) is 20.4 Å². The molecule has 2 aromatic carbocycles. The van der Waals surface area contributed by atoms with Gasteiger partial charge in [0.2, 0.25) is 5.91 Å². The molecule has 0 radical (unpaired) electrons. The summed E-state index contributed by atoms with van der Waals surface area (Å²) in [5.41, 5.74) is 5.75. The second-order valence-electron chi connectivity index (χ2n) is 5.80. The Labute approximate surface area is 157 Å². The summed E-state index contributed by atoms with van der Waals surface area (Å²) in [5, 5.41) is 0.499. The van der Waals surface area contributed by atoms with Crippen LogP contribution in [0.15, 0.2) is 42.5 Å². The number of hydrogen-bond donors (Lipinski definition) is 2. The maximum Gasteiger partial charge on any atom is 0.269 e. The minimum Gasteiger partial charge on any atom is -0.493 e. The zero-order valence-electron chi connectivity index (χ0n) is 14.8. The van der Waals surface area contributed by atoms with E-state index >= 15 is 0 Å². The Bertz CT molecular complexity index is 793. The zero-order chi connectivity index (χ0) is 19.1. The minimum absolute atomic E-state index is 0.0207. The Morgan fingerprint density at radius 1 is 1.08 bits per heavy atom. The average molecular weight is 377 g/mol. The number of carbonyl (C=O) groups is 2. The molecule has 0 fully saturated rings. The van der Waals surface area contributed by atoms with Gasteiger partial charge in [-0.15, -0.1) is 0 Å². The van der Waals surface area contributed by atoms with Crippen LogP contribution in [0.1, 0.15) is 29.8 Å². The van der Waals surface area contributed by atoms with Crippen molar-refractivity contribution in [3.8, 4) is 11.5 Å². The molecule has 7 heteroatoms. The maximum absolute atomic E-state index is 12.2. The smallest absolute Gasteiger partial charge is 0.269 e. The number of carbonyl (C=O) groups excluding carboxylic acids is 2. The van der Waals surface area contributed by atoms with Crippen molar-refractivity contribution in [1.82, 2.24) is 10.9 Å². The molecule has 26 heavy (non-hydrogen) atoms. The molecule has 138 valence electrons. The Morgan fingerprint density at radius 3 is 2.46 bits per heavy atom. The molecular formula is C19H21ClN2O4. The van der Waals surface area contributed by atoms with Gasteiger partial charge in [0.25, 0.3) is 5.91 Å². The number of amides is 2. The Hall–Kier alpha value is -2.73. The fraction of sp³-hybridized carbons (Fsp3) is 0.263. The number of nitrogens with one attached hydrogen (secondary N) is 2. The highest BCUT2D eigenvalue weighted by molar-refractivity contribution is 6.31. The van der Waals surface area contributed by atoms with Gasteiger partial charge < -0.3 is 9.47 Å². The van der Waals surface area contributed by atoms with Crippen molar-refractivity contribution >= 4 is 23.4 Å². The molecule has 0 spiro atoms. The fourth-order valence-electron chi connectivity index (χ4n) is 2.22. The van der Waals surface area contributed by atoms with Gasteiger partial charge in [0.15, 0.2) is 11.5 Å². The normalized spacial score (nSPS) is 10.3. The van der Waals surface area contributed by atoms with E-state index in [0.29, 0.717) is 27.6 Å². The second kappa shape index (κ2) is 9.10. The molecule has 0 aliphatic rings. The summed E-state index contributed by atoms with van der Waals surface area (Å²) >= 11 is 6.02. The summed E-state index contributed by atoms with van der Waals surface area (Å²) in [7, 11) is 1.50. The summed E-state index contributed by atoms with van der Waals surface area (Å²) in [5.74, 6) is 0.139. The van der Waals surface area contributed by atoms with Gasteiger partial charge in [-0.1, -0.05) is 29.8 Å². The molecule has 0 heterocycles. The lowest BCUT2D eigenvalue weighted by atomic mass is 10.1. The van der Waals surface area contributed by atoms with Crippen molar-refractivity contribution in [2.45, 2.75) is 26.4 Å². The van der Waals surface area contributed by atoms with Crippen LogP contribution in [-0.4, -0.2) is 25.0 Å². The lowest BCUT2D eigenvalue weighted by Crippen LogP contribution is -2.42. The molecule has 0 saturated heterocycles. The summed E-state index contributed by atoms with van der Waals surface area (Å²) in [6.07, 6.45) is 0.0393. The van der Waals surface area contributed by atoms with Crippen LogP contribution in [0.4, 0.5) is 0 Å². The van der Waals surface area contributed by atoms with Crippen LogP contribution in [0.5, 0.6) is 11.5 Å². The van der Waals surface area contributed by atoms with Crippen molar-refractivity contribution in [3.63, 3.8) is 0 Å². The van der Waals surface area contributed by atoms with E-state index in [9.17, 15) is 9.59 Å². The average Bonchev–Trinajstić information content (AvgIpc) is 2.61. The first-order valence-electron chi connectivity index (χ1n) is 8.08. The van der Waals surface area contributed by atoms with E-state index in [-0.39, 0.29) is 18.4 Å². The molecule has 0 atom stereocenters. The van der Waals surface area contributed by atoms with Crippen LogP contribution in [0.3, 0.4) is 0 Å². The number of halogens is 1. The first kappa shape index (κ1) is 19.6. The van der Waals surface area contributed by atoms with Crippen LogP contribution >= 0.6 is 11.6 Å². The van der Waals surface area contributed by atoms with Gasteiger partial charge in [0.05, 0.1) is 19.6 Å². The minimum atomic E-state index is -0.466. The predicted molar refractivity (Wildman–Crippen MR) is 99.5 cm³/mol. The van der Waals surface area contributed by atoms with Crippen molar-refractivity contribution in [2.75, 3.05) is 7.11 Å². The van der Waals surface area contributed by atoms with Gasteiger partial charge in [-0.05, 0) is 43.7 Å². The molecule has 2 aromatic rings. The van der Waals surface area contributed by atoms with Crippen LogP contribution in [-0.2, 0) is 11.2 Å². The van der Waals surface area contributed by atoms with Crippen molar-refractivity contribution in [1.29, 1.82) is 0 Å². The third kappa shape index (κ3) is 5.39. The summed E-state index contributed by atoms with van der Waals surface area (Å²) in [6, 6.07) is 11.8. The monoisotopic (exact) mass is 376 g/mol. The zero-order valence-corrected chi connectivity index (χ0v) is 15.6. The van der Waals surface area contributed by atoms with E-state index in [1.165, 1.54) is 7.11 Å². The van der Waals surface area contributed by atoms with E-state index in [4.69, 9.17) is 21.1 Å². The highest BCUT2D eigenvalue weighted by Crippen LogP contribution is 2.28. The quantitative estimate of drug-likeness (QED) is 0.759. The van der Waals surface area contributed by atoms with E-state index < -0.39 is 5.91 Å². The number of benzene rings is 2. The number of methoxy groups -OCH3 is 1. The second-order valence-corrected chi connectivity index (χ2v) is 6.21. The largest absolute Gasteiger partial charge is 0.493 e. The van der Waals surface area contributed by atoms with E-state index in [1.807, 2.05) is 13.8 Å². The van der Waals surface area contributed by atoms with E-state index in [1.54, 1.807) is 42.5 Å². The standard InChI is InChI=1S/C19H21ClN2O4/c1-12(2)26-16-9-8-14(10-17(16)25-3)19(24)22-21-18(23)11-13-6-4-5-7-15(13)20/h4-10,12H,11H2,1-3H3,(H,21,23)(H,22,24). The van der Waals surface area contributed by atoms with Crippen LogP contribution in [0.25, 0.3) is 0 Å². The van der Waals surface area contributed by atoms with Gasteiger partial charge >= 0.3 is 0 Å². The topological polar surface area (TPSA) is 76.7 Å².